The van der Waals surface area contributed by atoms with Gasteiger partial charge in [-0.05, 0) is 68.6 Å². The maximum Gasteiger partial charge on any atom is 0.291 e. The maximum atomic E-state index is 13.1. The molecule has 3 aromatic heterocycles. The van der Waals surface area contributed by atoms with Gasteiger partial charge in [0.15, 0.2) is 5.58 Å². The van der Waals surface area contributed by atoms with Gasteiger partial charge >= 0.3 is 0 Å². The quantitative estimate of drug-likeness (QED) is 0.682. The van der Waals surface area contributed by atoms with Crippen LogP contribution in [-0.2, 0) is 17.8 Å². The molecular weight excluding hydrogens is 392 g/mol. The van der Waals surface area contributed by atoms with E-state index in [9.17, 15) is 9.59 Å². The standard InChI is InChI=1S/C24H30N4O3/c1-3-21-26-27(23(30)19-9-20-18(28(19)21)4-5-31-20)13-22(29)25-14(2)24-10-15-6-16(11-24)8-17(7-15)12-24/h4-5,9,14-17H,3,6-8,10-13H2,1-2H3,(H,25,29). The van der Waals surface area contributed by atoms with E-state index in [1.165, 1.54) is 43.2 Å². The molecule has 1 N–H and O–H groups in total. The lowest BCUT2D eigenvalue weighted by Gasteiger charge is -2.59. The molecule has 31 heavy (non-hydrogen) atoms. The largest absolute Gasteiger partial charge is 0.463 e. The number of aromatic nitrogens is 3. The monoisotopic (exact) mass is 422 g/mol. The van der Waals surface area contributed by atoms with E-state index in [-0.39, 0.29) is 29.5 Å². The van der Waals surface area contributed by atoms with Gasteiger partial charge < -0.3 is 9.73 Å². The van der Waals surface area contributed by atoms with Crippen molar-refractivity contribution in [2.24, 2.45) is 23.2 Å². The molecule has 0 aliphatic heterocycles. The Hall–Kier alpha value is -2.57. The third-order valence-corrected chi connectivity index (χ3v) is 8.36. The molecule has 7 heteroatoms. The molecule has 7 nitrogen and oxygen atoms in total. The molecule has 4 saturated carbocycles. The van der Waals surface area contributed by atoms with Crippen LogP contribution in [0, 0.1) is 23.2 Å². The summed E-state index contributed by atoms with van der Waals surface area (Å²) in [6.45, 7) is 4.12. The molecule has 0 aromatic carbocycles. The molecule has 7 rings (SSSR count). The summed E-state index contributed by atoms with van der Waals surface area (Å²) in [7, 11) is 0. The number of furan rings is 1. The van der Waals surface area contributed by atoms with Crippen LogP contribution in [0.2, 0.25) is 0 Å². The lowest BCUT2D eigenvalue weighted by Crippen LogP contribution is -2.56. The Morgan fingerprint density at radius 3 is 2.55 bits per heavy atom. The minimum absolute atomic E-state index is 0.0500. The highest BCUT2D eigenvalue weighted by Gasteiger charge is 2.53. The van der Waals surface area contributed by atoms with Crippen LogP contribution in [0.4, 0.5) is 0 Å². The third kappa shape index (κ3) is 2.88. The van der Waals surface area contributed by atoms with E-state index in [2.05, 4.69) is 17.3 Å². The lowest BCUT2D eigenvalue weighted by molar-refractivity contribution is -0.126. The topological polar surface area (TPSA) is 81.5 Å². The molecular formula is C24H30N4O3. The summed E-state index contributed by atoms with van der Waals surface area (Å²) in [5.41, 5.74) is 1.98. The van der Waals surface area contributed by atoms with Gasteiger partial charge in [0.25, 0.3) is 5.56 Å². The lowest BCUT2D eigenvalue weighted by atomic mass is 9.48. The molecule has 1 unspecified atom stereocenters. The summed E-state index contributed by atoms with van der Waals surface area (Å²) in [6, 6.07) is 3.71. The number of amides is 1. The van der Waals surface area contributed by atoms with Gasteiger partial charge in [0, 0.05) is 24.6 Å². The van der Waals surface area contributed by atoms with Gasteiger partial charge in [0.1, 0.15) is 17.9 Å². The second-order valence-corrected chi connectivity index (χ2v) is 10.3. The Bertz CT molecular complexity index is 1200. The first-order chi connectivity index (χ1) is 15.0. The molecule has 4 fully saturated rings. The van der Waals surface area contributed by atoms with Crippen molar-refractivity contribution in [1.29, 1.82) is 0 Å². The zero-order valence-corrected chi connectivity index (χ0v) is 18.3. The minimum Gasteiger partial charge on any atom is -0.463 e. The molecule has 0 spiro atoms. The molecule has 1 amide bonds. The van der Waals surface area contributed by atoms with Crippen molar-refractivity contribution in [2.45, 2.75) is 71.4 Å². The van der Waals surface area contributed by atoms with Gasteiger partial charge in [-0.3, -0.25) is 14.0 Å². The first-order valence-electron chi connectivity index (χ1n) is 11.7. The molecule has 164 valence electrons. The zero-order valence-electron chi connectivity index (χ0n) is 18.3. The Morgan fingerprint density at radius 1 is 1.23 bits per heavy atom. The van der Waals surface area contributed by atoms with E-state index in [1.807, 2.05) is 17.4 Å². The number of hydrogen-bond acceptors (Lipinski definition) is 4. The van der Waals surface area contributed by atoms with E-state index in [4.69, 9.17) is 4.42 Å². The summed E-state index contributed by atoms with van der Waals surface area (Å²) in [5, 5.41) is 7.78. The van der Waals surface area contributed by atoms with Gasteiger partial charge in [0.2, 0.25) is 5.91 Å². The first kappa shape index (κ1) is 19.1. The summed E-state index contributed by atoms with van der Waals surface area (Å²) in [6.07, 6.45) is 10.2. The van der Waals surface area contributed by atoms with Crippen LogP contribution in [0.3, 0.4) is 0 Å². The number of fused-ring (bicyclic) bond motifs is 3. The van der Waals surface area contributed by atoms with Crippen molar-refractivity contribution in [3.8, 4) is 0 Å². The number of nitrogens with one attached hydrogen (secondary N) is 1. The maximum absolute atomic E-state index is 13.1. The predicted octanol–water partition coefficient (Wildman–Crippen LogP) is 3.53. The van der Waals surface area contributed by atoms with Gasteiger partial charge in [-0.15, -0.1) is 0 Å². The van der Waals surface area contributed by atoms with Gasteiger partial charge in [-0.2, -0.15) is 5.10 Å². The number of hydrogen-bond donors (Lipinski definition) is 1. The van der Waals surface area contributed by atoms with Crippen molar-refractivity contribution in [3.63, 3.8) is 0 Å². The molecule has 3 aromatic rings. The minimum atomic E-state index is -0.263. The van der Waals surface area contributed by atoms with Gasteiger partial charge in [-0.25, -0.2) is 4.68 Å². The number of carbonyl (C=O) groups excluding carboxylic acids is 1. The summed E-state index contributed by atoms with van der Waals surface area (Å²) in [4.78, 5) is 26.1. The van der Waals surface area contributed by atoms with Crippen molar-refractivity contribution in [1.82, 2.24) is 19.5 Å². The van der Waals surface area contributed by atoms with Crippen LogP contribution < -0.4 is 10.9 Å². The summed E-state index contributed by atoms with van der Waals surface area (Å²) >= 11 is 0. The van der Waals surface area contributed by atoms with E-state index >= 15 is 0 Å². The molecule has 0 radical (unpaired) electrons. The van der Waals surface area contributed by atoms with Crippen LogP contribution in [0.15, 0.2) is 27.6 Å². The highest BCUT2D eigenvalue weighted by Crippen LogP contribution is 2.61. The Kier molecular flexibility index (Phi) is 4.14. The van der Waals surface area contributed by atoms with Crippen molar-refractivity contribution >= 4 is 22.5 Å². The Balaban J connectivity index is 1.25. The predicted molar refractivity (Wildman–Crippen MR) is 117 cm³/mol. The zero-order chi connectivity index (χ0) is 21.3. The highest BCUT2D eigenvalue weighted by atomic mass is 16.3. The first-order valence-corrected chi connectivity index (χ1v) is 11.7. The van der Waals surface area contributed by atoms with E-state index in [0.29, 0.717) is 17.5 Å². The second-order valence-electron chi connectivity index (χ2n) is 10.3. The van der Waals surface area contributed by atoms with Gasteiger partial charge in [-0.1, -0.05) is 6.92 Å². The fraction of sp³-hybridized carbons (Fsp3) is 0.625. The van der Waals surface area contributed by atoms with E-state index < -0.39 is 0 Å². The molecule has 1 atom stereocenters. The van der Waals surface area contributed by atoms with Crippen molar-refractivity contribution < 1.29 is 9.21 Å². The van der Waals surface area contributed by atoms with Crippen molar-refractivity contribution in [2.75, 3.05) is 0 Å². The number of nitrogens with zero attached hydrogens (tertiary/aromatic N) is 3. The van der Waals surface area contributed by atoms with Crippen LogP contribution in [-0.4, -0.2) is 26.1 Å². The van der Waals surface area contributed by atoms with Crippen LogP contribution >= 0.6 is 0 Å². The average molecular weight is 423 g/mol. The fourth-order valence-corrected chi connectivity index (χ4v) is 7.34. The second kappa shape index (κ2) is 6.71. The average Bonchev–Trinajstić information content (AvgIpc) is 3.31. The molecule has 3 heterocycles. The normalized spacial score (nSPS) is 30.3. The fourth-order valence-electron chi connectivity index (χ4n) is 7.34. The van der Waals surface area contributed by atoms with E-state index in [0.717, 1.165) is 29.1 Å². The van der Waals surface area contributed by atoms with Crippen LogP contribution in [0.25, 0.3) is 16.6 Å². The van der Waals surface area contributed by atoms with Crippen molar-refractivity contribution in [3.05, 3.63) is 34.6 Å². The summed E-state index contributed by atoms with van der Waals surface area (Å²) < 4.78 is 8.63. The third-order valence-electron chi connectivity index (χ3n) is 8.36. The number of carbonyl (C=O) groups is 1. The SMILES string of the molecule is CCc1nn(CC(=O)NC(C)C23CC4CC(CC(C4)C2)C3)c(=O)c2cc3occc3n12. The van der Waals surface area contributed by atoms with Crippen LogP contribution in [0.5, 0.6) is 0 Å². The number of aryl methyl sites for hydroxylation is 1. The van der Waals surface area contributed by atoms with E-state index in [1.54, 1.807) is 12.3 Å². The number of rotatable bonds is 5. The Labute approximate surface area is 180 Å². The molecule has 4 aliphatic carbocycles. The highest BCUT2D eigenvalue weighted by molar-refractivity contribution is 5.82. The molecule has 0 saturated heterocycles. The summed E-state index contributed by atoms with van der Waals surface area (Å²) in [5.74, 6) is 3.15. The Morgan fingerprint density at radius 2 is 1.90 bits per heavy atom. The van der Waals surface area contributed by atoms with Crippen LogP contribution in [0.1, 0.15) is 58.2 Å². The molecule has 4 bridgehead atoms. The smallest absolute Gasteiger partial charge is 0.291 e. The van der Waals surface area contributed by atoms with Gasteiger partial charge in [0.05, 0.1) is 11.8 Å². The molecule has 4 aliphatic rings.